The summed E-state index contributed by atoms with van der Waals surface area (Å²) in [6, 6.07) is 10.8. The molecule has 3 heterocycles. The maximum atomic E-state index is 4.67. The van der Waals surface area contributed by atoms with Crippen LogP contribution in [-0.2, 0) is 0 Å². The van der Waals surface area contributed by atoms with E-state index in [1.165, 1.54) is 4.88 Å². The van der Waals surface area contributed by atoms with Crippen molar-refractivity contribution in [2.24, 2.45) is 0 Å². The molecule has 1 aliphatic rings. The van der Waals surface area contributed by atoms with Crippen LogP contribution in [0.25, 0.3) is 0 Å². The van der Waals surface area contributed by atoms with Gasteiger partial charge in [-0.25, -0.2) is 4.98 Å². The van der Waals surface area contributed by atoms with E-state index in [2.05, 4.69) is 60.8 Å². The zero-order chi connectivity index (χ0) is 13.1. The van der Waals surface area contributed by atoms with Crippen LogP contribution in [0.3, 0.4) is 0 Å². The minimum atomic E-state index is 0.277. The normalized spacial score (nSPS) is 18.4. The molecule has 1 N–H and O–H groups in total. The van der Waals surface area contributed by atoms with Crippen LogP contribution in [0.1, 0.15) is 16.6 Å². The SMILES string of the molecule is Brc1cccc([C@@H](c2cccs2)N2CCNCC2)n1. The number of aromatic nitrogens is 1. The lowest BCUT2D eigenvalue weighted by Crippen LogP contribution is -2.45. The van der Waals surface area contributed by atoms with E-state index in [1.54, 1.807) is 0 Å². The van der Waals surface area contributed by atoms with Crippen LogP contribution in [0.2, 0.25) is 0 Å². The lowest BCUT2D eigenvalue weighted by molar-refractivity contribution is 0.197. The molecule has 0 aromatic carbocycles. The number of nitrogens with zero attached hydrogens (tertiary/aromatic N) is 2. The van der Waals surface area contributed by atoms with Gasteiger partial charge in [0.15, 0.2) is 0 Å². The van der Waals surface area contributed by atoms with Crippen molar-refractivity contribution in [1.82, 2.24) is 15.2 Å². The second-order valence-corrected chi connectivity index (χ2v) is 6.38. The van der Waals surface area contributed by atoms with Crippen LogP contribution in [-0.4, -0.2) is 36.1 Å². The monoisotopic (exact) mass is 337 g/mol. The average molecular weight is 338 g/mol. The molecule has 3 nitrogen and oxygen atoms in total. The Morgan fingerprint density at radius 1 is 1.21 bits per heavy atom. The fraction of sp³-hybridized carbons (Fsp3) is 0.357. The van der Waals surface area contributed by atoms with E-state index in [0.29, 0.717) is 0 Å². The van der Waals surface area contributed by atoms with E-state index in [-0.39, 0.29) is 6.04 Å². The van der Waals surface area contributed by atoms with Crippen LogP contribution < -0.4 is 5.32 Å². The third kappa shape index (κ3) is 3.05. The van der Waals surface area contributed by atoms with Gasteiger partial charge in [-0.3, -0.25) is 4.90 Å². The van der Waals surface area contributed by atoms with Gasteiger partial charge in [0.2, 0.25) is 0 Å². The van der Waals surface area contributed by atoms with E-state index in [4.69, 9.17) is 0 Å². The summed E-state index contributed by atoms with van der Waals surface area (Å²) < 4.78 is 0.904. The Morgan fingerprint density at radius 3 is 2.74 bits per heavy atom. The number of nitrogens with one attached hydrogen (secondary N) is 1. The van der Waals surface area contributed by atoms with Crippen LogP contribution in [0, 0.1) is 0 Å². The van der Waals surface area contributed by atoms with Crippen LogP contribution >= 0.6 is 27.3 Å². The molecule has 3 rings (SSSR count). The van der Waals surface area contributed by atoms with Crippen LogP contribution in [0.5, 0.6) is 0 Å². The van der Waals surface area contributed by atoms with Crippen molar-refractivity contribution in [2.75, 3.05) is 26.2 Å². The van der Waals surface area contributed by atoms with E-state index >= 15 is 0 Å². The van der Waals surface area contributed by atoms with Gasteiger partial charge in [0.25, 0.3) is 0 Å². The van der Waals surface area contributed by atoms with E-state index in [1.807, 2.05) is 17.4 Å². The standard InChI is InChI=1S/C14H16BrN3S/c15-13-5-1-3-11(17-13)14(12-4-2-10-19-12)18-8-6-16-7-9-18/h1-5,10,14,16H,6-9H2/t14-/m0/s1. The average Bonchev–Trinajstić information content (AvgIpc) is 2.94. The topological polar surface area (TPSA) is 28.2 Å². The zero-order valence-electron chi connectivity index (χ0n) is 10.6. The smallest absolute Gasteiger partial charge is 0.106 e. The molecule has 0 saturated carbocycles. The first-order valence-electron chi connectivity index (χ1n) is 6.45. The molecule has 1 atom stereocenters. The van der Waals surface area contributed by atoms with Gasteiger partial charge in [0.05, 0.1) is 11.7 Å². The molecule has 100 valence electrons. The van der Waals surface area contributed by atoms with Crippen molar-refractivity contribution >= 4 is 27.3 Å². The minimum absolute atomic E-state index is 0.277. The van der Waals surface area contributed by atoms with Gasteiger partial charge in [-0.2, -0.15) is 0 Å². The Morgan fingerprint density at radius 2 is 2.05 bits per heavy atom. The maximum Gasteiger partial charge on any atom is 0.106 e. The number of pyridine rings is 1. The van der Waals surface area contributed by atoms with Crippen molar-refractivity contribution in [3.63, 3.8) is 0 Å². The highest BCUT2D eigenvalue weighted by molar-refractivity contribution is 9.10. The van der Waals surface area contributed by atoms with Gasteiger partial charge >= 0.3 is 0 Å². The Labute approximate surface area is 125 Å². The molecule has 0 bridgehead atoms. The fourth-order valence-electron chi connectivity index (χ4n) is 2.48. The summed E-state index contributed by atoms with van der Waals surface area (Å²) >= 11 is 5.29. The number of thiophene rings is 1. The summed E-state index contributed by atoms with van der Waals surface area (Å²) in [4.78, 5) is 8.55. The highest BCUT2D eigenvalue weighted by atomic mass is 79.9. The predicted molar refractivity (Wildman–Crippen MR) is 82.5 cm³/mol. The number of hydrogen-bond donors (Lipinski definition) is 1. The summed E-state index contributed by atoms with van der Waals surface area (Å²) in [6.07, 6.45) is 0. The molecule has 19 heavy (non-hydrogen) atoms. The molecule has 0 aliphatic carbocycles. The van der Waals surface area contributed by atoms with Crippen LogP contribution in [0.15, 0.2) is 40.3 Å². The molecule has 5 heteroatoms. The van der Waals surface area contributed by atoms with E-state index in [9.17, 15) is 0 Å². The summed E-state index contributed by atoms with van der Waals surface area (Å²) in [5, 5.41) is 5.55. The Kier molecular flexibility index (Phi) is 4.28. The van der Waals surface area contributed by atoms with Crippen LogP contribution in [0.4, 0.5) is 0 Å². The Bertz CT molecular complexity index is 523. The number of hydrogen-bond acceptors (Lipinski definition) is 4. The molecule has 2 aromatic rings. The van der Waals surface area contributed by atoms with Crippen molar-refractivity contribution in [2.45, 2.75) is 6.04 Å². The molecule has 0 radical (unpaired) electrons. The van der Waals surface area contributed by atoms with Gasteiger partial charge in [0.1, 0.15) is 4.60 Å². The van der Waals surface area contributed by atoms with Gasteiger partial charge in [-0.05, 0) is 39.5 Å². The lowest BCUT2D eigenvalue weighted by Gasteiger charge is -2.34. The first-order valence-corrected chi connectivity index (χ1v) is 8.12. The Hall–Kier alpha value is -0.750. The van der Waals surface area contributed by atoms with Gasteiger partial charge in [-0.1, -0.05) is 12.1 Å². The molecule has 1 saturated heterocycles. The van der Waals surface area contributed by atoms with Crippen molar-refractivity contribution in [3.05, 3.63) is 50.9 Å². The molecule has 0 unspecified atom stereocenters. The third-order valence-electron chi connectivity index (χ3n) is 3.35. The summed E-state index contributed by atoms with van der Waals surface area (Å²) in [5.74, 6) is 0. The third-order valence-corrected chi connectivity index (χ3v) is 4.71. The quantitative estimate of drug-likeness (QED) is 0.873. The molecule has 1 aliphatic heterocycles. The summed E-state index contributed by atoms with van der Waals surface area (Å²) in [5.41, 5.74) is 1.12. The number of piperazine rings is 1. The van der Waals surface area contributed by atoms with E-state index < -0.39 is 0 Å². The number of rotatable bonds is 3. The first kappa shape index (κ1) is 13.2. The highest BCUT2D eigenvalue weighted by Gasteiger charge is 2.25. The van der Waals surface area contributed by atoms with Gasteiger partial charge < -0.3 is 5.32 Å². The maximum absolute atomic E-state index is 4.67. The second kappa shape index (κ2) is 6.13. The van der Waals surface area contributed by atoms with Crippen molar-refractivity contribution in [1.29, 1.82) is 0 Å². The van der Waals surface area contributed by atoms with Crippen molar-refractivity contribution in [3.8, 4) is 0 Å². The summed E-state index contributed by atoms with van der Waals surface area (Å²) in [7, 11) is 0. The van der Waals surface area contributed by atoms with Gasteiger partial charge in [-0.15, -0.1) is 11.3 Å². The fourth-order valence-corrected chi connectivity index (χ4v) is 3.70. The zero-order valence-corrected chi connectivity index (χ0v) is 13.0. The first-order chi connectivity index (χ1) is 9.34. The molecular formula is C14H16BrN3S. The predicted octanol–water partition coefficient (Wildman–Crippen LogP) is 2.90. The lowest BCUT2D eigenvalue weighted by atomic mass is 10.1. The van der Waals surface area contributed by atoms with E-state index in [0.717, 1.165) is 36.5 Å². The molecular weight excluding hydrogens is 322 g/mol. The van der Waals surface area contributed by atoms with Gasteiger partial charge in [0, 0.05) is 31.1 Å². The molecule has 0 spiro atoms. The Balaban J connectivity index is 1.96. The largest absolute Gasteiger partial charge is 0.314 e. The second-order valence-electron chi connectivity index (χ2n) is 4.59. The molecule has 1 fully saturated rings. The van der Waals surface area contributed by atoms with Crippen molar-refractivity contribution < 1.29 is 0 Å². The minimum Gasteiger partial charge on any atom is -0.314 e. The number of halogens is 1. The molecule has 2 aromatic heterocycles. The summed E-state index contributed by atoms with van der Waals surface area (Å²) in [6.45, 7) is 4.24. The highest BCUT2D eigenvalue weighted by Crippen LogP contribution is 2.31. The molecule has 0 amide bonds.